The van der Waals surface area contributed by atoms with Crippen LogP contribution in [0.5, 0.6) is 23.0 Å². The van der Waals surface area contributed by atoms with Crippen LogP contribution in [-0.4, -0.2) is 47.2 Å². The summed E-state index contributed by atoms with van der Waals surface area (Å²) in [5.41, 5.74) is 2.31. The zero-order valence-corrected chi connectivity index (χ0v) is 22.1. The van der Waals surface area contributed by atoms with Crippen LogP contribution in [0.25, 0.3) is 16.0 Å². The molecule has 2 aliphatic rings. The van der Waals surface area contributed by atoms with Crippen molar-refractivity contribution in [3.8, 4) is 23.0 Å². The second kappa shape index (κ2) is 9.32. The summed E-state index contributed by atoms with van der Waals surface area (Å²) in [7, 11) is 2.97. The highest BCUT2D eigenvalue weighted by Crippen LogP contribution is 2.46. The Bertz CT molecular complexity index is 1690. The summed E-state index contributed by atoms with van der Waals surface area (Å²) >= 11 is 1.23. The third kappa shape index (κ3) is 4.04. The van der Waals surface area contributed by atoms with Crippen LogP contribution in [-0.2, 0) is 16.0 Å². The van der Waals surface area contributed by atoms with E-state index in [0.717, 1.165) is 16.0 Å². The first-order valence-electron chi connectivity index (χ1n) is 12.2. The van der Waals surface area contributed by atoms with Gasteiger partial charge in [-0.15, -0.1) is 0 Å². The number of phenols is 1. The number of benzene rings is 3. The molecule has 39 heavy (non-hydrogen) atoms. The molecule has 1 saturated heterocycles. The fourth-order valence-electron chi connectivity index (χ4n) is 5.06. The Hall–Kier alpha value is -4.57. The van der Waals surface area contributed by atoms with Crippen molar-refractivity contribution in [1.29, 1.82) is 0 Å². The number of anilines is 1. The second-order valence-electron chi connectivity index (χ2n) is 9.39. The summed E-state index contributed by atoms with van der Waals surface area (Å²) in [6.45, 7) is 1.96. The molecule has 2 unspecified atom stereocenters. The molecule has 0 bridgehead atoms. The molecular formula is C29H24N2O7S. The summed E-state index contributed by atoms with van der Waals surface area (Å²) in [5, 5.41) is 22.0. The van der Waals surface area contributed by atoms with E-state index >= 15 is 0 Å². The average Bonchev–Trinajstić information content (AvgIpc) is 3.60. The smallest absolute Gasteiger partial charge is 0.301 e. The van der Waals surface area contributed by atoms with Gasteiger partial charge in [0.2, 0.25) is 0 Å². The molecule has 3 aromatic carbocycles. The van der Waals surface area contributed by atoms with Crippen molar-refractivity contribution in [2.75, 3.05) is 19.1 Å². The Kier molecular flexibility index (Phi) is 5.91. The normalized spacial score (nSPS) is 19.8. The third-order valence-corrected chi connectivity index (χ3v) is 7.94. The van der Waals surface area contributed by atoms with E-state index in [1.54, 1.807) is 55.6 Å². The molecule has 6 rings (SSSR count). The molecule has 3 heterocycles. The number of amides is 1. The standard InChI is InChI=1S/C29H24N2O7S/c1-14-10-17-11-16(5-9-21(17)38-14)26(33)24-25(15-4-8-20(32)22(12-15)37-3)31(28(35)27(24)34)29-30-19-7-6-18(36-2)13-23(19)39-29/h4-9,11-14,25,32-33H,10H2,1-3H3. The Labute approximate surface area is 227 Å². The number of ether oxygens (including phenoxy) is 3. The van der Waals surface area contributed by atoms with Crippen LogP contribution in [0.1, 0.15) is 29.7 Å². The van der Waals surface area contributed by atoms with Crippen molar-refractivity contribution < 1.29 is 34.0 Å². The van der Waals surface area contributed by atoms with Crippen LogP contribution in [0, 0.1) is 0 Å². The minimum absolute atomic E-state index is 0.00472. The largest absolute Gasteiger partial charge is 0.507 e. The quantitative estimate of drug-likeness (QED) is 0.205. The van der Waals surface area contributed by atoms with Gasteiger partial charge >= 0.3 is 5.91 Å². The van der Waals surface area contributed by atoms with Crippen molar-refractivity contribution in [3.63, 3.8) is 0 Å². The average molecular weight is 545 g/mol. The van der Waals surface area contributed by atoms with Crippen molar-refractivity contribution in [1.82, 2.24) is 4.98 Å². The number of carbonyl (C=O) groups excluding carboxylic acids is 2. The van der Waals surface area contributed by atoms with E-state index in [4.69, 9.17) is 14.2 Å². The Morgan fingerprint density at radius 1 is 1.08 bits per heavy atom. The van der Waals surface area contributed by atoms with Gasteiger partial charge in [0.05, 0.1) is 36.1 Å². The lowest BCUT2D eigenvalue weighted by atomic mass is 9.94. The first-order valence-corrected chi connectivity index (χ1v) is 13.0. The highest BCUT2D eigenvalue weighted by atomic mass is 32.1. The third-order valence-electron chi connectivity index (χ3n) is 6.92. The zero-order valence-electron chi connectivity index (χ0n) is 21.3. The number of hydrogen-bond acceptors (Lipinski definition) is 9. The molecular weight excluding hydrogens is 520 g/mol. The number of ketones is 1. The highest BCUT2D eigenvalue weighted by Gasteiger charge is 2.48. The molecule has 9 nitrogen and oxygen atoms in total. The lowest BCUT2D eigenvalue weighted by Gasteiger charge is -2.23. The van der Waals surface area contributed by atoms with Gasteiger partial charge in [-0.1, -0.05) is 17.4 Å². The molecule has 10 heteroatoms. The predicted octanol–water partition coefficient (Wildman–Crippen LogP) is 4.97. The van der Waals surface area contributed by atoms with Gasteiger partial charge in [-0.05, 0) is 66.6 Å². The summed E-state index contributed by atoms with van der Waals surface area (Å²) in [5.74, 6) is -0.547. The maximum Gasteiger partial charge on any atom is 0.301 e. The molecule has 4 aromatic rings. The fraction of sp³-hybridized carbons (Fsp3) is 0.207. The van der Waals surface area contributed by atoms with Crippen molar-refractivity contribution in [3.05, 3.63) is 76.9 Å². The number of thiazole rings is 1. The second-order valence-corrected chi connectivity index (χ2v) is 10.4. The van der Waals surface area contributed by atoms with Crippen LogP contribution in [0.4, 0.5) is 5.13 Å². The van der Waals surface area contributed by atoms with Gasteiger partial charge < -0.3 is 24.4 Å². The Morgan fingerprint density at radius 2 is 1.90 bits per heavy atom. The minimum Gasteiger partial charge on any atom is -0.507 e. The number of aromatic hydroxyl groups is 1. The number of methoxy groups -OCH3 is 2. The maximum absolute atomic E-state index is 13.6. The fourth-order valence-corrected chi connectivity index (χ4v) is 6.08. The van der Waals surface area contributed by atoms with E-state index in [1.165, 1.54) is 29.4 Å². The lowest BCUT2D eigenvalue weighted by Crippen LogP contribution is -2.29. The van der Waals surface area contributed by atoms with Gasteiger partial charge in [0.25, 0.3) is 5.78 Å². The molecule has 1 aromatic heterocycles. The first-order chi connectivity index (χ1) is 18.8. The van der Waals surface area contributed by atoms with Crippen LogP contribution >= 0.6 is 11.3 Å². The molecule has 1 amide bonds. The van der Waals surface area contributed by atoms with E-state index in [9.17, 15) is 19.8 Å². The number of aliphatic hydroxyl groups is 1. The van der Waals surface area contributed by atoms with Gasteiger partial charge in [0.15, 0.2) is 16.6 Å². The van der Waals surface area contributed by atoms with Crippen molar-refractivity contribution >= 4 is 44.1 Å². The van der Waals surface area contributed by atoms with Gasteiger partial charge in [0.1, 0.15) is 23.4 Å². The van der Waals surface area contributed by atoms with Crippen LogP contribution in [0.2, 0.25) is 0 Å². The number of rotatable bonds is 5. The maximum atomic E-state index is 13.6. The number of carbonyl (C=O) groups is 2. The molecule has 0 aliphatic carbocycles. The zero-order chi connectivity index (χ0) is 27.4. The van der Waals surface area contributed by atoms with Gasteiger partial charge in [0, 0.05) is 12.0 Å². The van der Waals surface area contributed by atoms with Crippen LogP contribution in [0.3, 0.4) is 0 Å². The van der Waals surface area contributed by atoms with E-state index in [2.05, 4.69) is 4.98 Å². The van der Waals surface area contributed by atoms with Crippen molar-refractivity contribution in [2.24, 2.45) is 0 Å². The highest BCUT2D eigenvalue weighted by molar-refractivity contribution is 7.22. The summed E-state index contributed by atoms with van der Waals surface area (Å²) < 4.78 is 17.1. The molecule has 198 valence electrons. The SMILES string of the molecule is COc1ccc2nc(N3C(=O)C(=O)C(=C(O)c4ccc5c(c4)CC(C)O5)C3c3ccc(O)c(OC)c3)sc2c1. The van der Waals surface area contributed by atoms with Gasteiger partial charge in [-0.3, -0.25) is 14.5 Å². The number of aromatic nitrogens is 1. The van der Waals surface area contributed by atoms with Crippen molar-refractivity contribution in [2.45, 2.75) is 25.5 Å². The summed E-state index contributed by atoms with van der Waals surface area (Å²) in [6.07, 6.45) is 0.670. The van der Waals surface area contributed by atoms with Crippen LogP contribution in [0.15, 0.2) is 60.2 Å². The first kappa shape index (κ1) is 24.7. The van der Waals surface area contributed by atoms with Crippen LogP contribution < -0.4 is 19.1 Å². The van der Waals surface area contributed by atoms with E-state index in [-0.39, 0.29) is 34.1 Å². The minimum atomic E-state index is -1.02. The van der Waals surface area contributed by atoms with Gasteiger partial charge in [-0.25, -0.2) is 4.98 Å². The Balaban J connectivity index is 1.54. The molecule has 0 spiro atoms. The topological polar surface area (TPSA) is 118 Å². The number of aliphatic hydroxyl groups excluding tert-OH is 1. The summed E-state index contributed by atoms with van der Waals surface area (Å²) in [4.78, 5) is 33.0. The number of hydrogen-bond donors (Lipinski definition) is 2. The molecule has 2 aliphatic heterocycles. The van der Waals surface area contributed by atoms with E-state index < -0.39 is 17.7 Å². The predicted molar refractivity (Wildman–Crippen MR) is 146 cm³/mol. The Morgan fingerprint density at radius 3 is 2.67 bits per heavy atom. The lowest BCUT2D eigenvalue weighted by molar-refractivity contribution is -0.132. The number of nitrogens with zero attached hydrogens (tertiary/aromatic N) is 2. The molecule has 0 saturated carbocycles. The van der Waals surface area contributed by atoms with E-state index in [1.807, 2.05) is 6.92 Å². The summed E-state index contributed by atoms with van der Waals surface area (Å²) in [6, 6.07) is 14.1. The monoisotopic (exact) mass is 544 g/mol. The van der Waals surface area contributed by atoms with E-state index in [0.29, 0.717) is 28.8 Å². The molecule has 1 fully saturated rings. The number of phenolic OH excluding ortho intramolecular Hbond substituents is 1. The molecule has 2 atom stereocenters. The molecule has 0 radical (unpaired) electrons. The molecule has 2 N–H and O–H groups in total. The number of Topliss-reactive ketones (excluding diaryl/α,β-unsaturated/α-hetero) is 1. The van der Waals surface area contributed by atoms with Gasteiger partial charge in [-0.2, -0.15) is 0 Å². The number of fused-ring (bicyclic) bond motifs is 2.